The molecule has 6 heteroatoms. The Morgan fingerprint density at radius 1 is 1.42 bits per heavy atom. The fourth-order valence-electron chi connectivity index (χ4n) is 1.99. The summed E-state index contributed by atoms with van der Waals surface area (Å²) in [6.45, 7) is 0.621. The standard InChI is InChI=1S/C13H14BrFN2O2/c14-9-5-3-4-8(11(9)15)12(18)17-10-6-1-2-7-16-13(10)19/h3-5,10H,1-2,6-7H2,(H,16,19)(H,17,18). The van der Waals surface area contributed by atoms with Crippen LogP contribution >= 0.6 is 15.9 Å². The quantitative estimate of drug-likeness (QED) is 0.872. The van der Waals surface area contributed by atoms with E-state index in [1.165, 1.54) is 12.1 Å². The Labute approximate surface area is 118 Å². The average Bonchev–Trinajstić information content (AvgIpc) is 2.58. The highest BCUT2D eigenvalue weighted by Gasteiger charge is 2.24. The van der Waals surface area contributed by atoms with E-state index in [0.29, 0.717) is 13.0 Å². The van der Waals surface area contributed by atoms with Gasteiger partial charge in [-0.25, -0.2) is 4.39 Å². The molecule has 1 fully saturated rings. The van der Waals surface area contributed by atoms with Gasteiger partial charge in [-0.05, 0) is 47.3 Å². The SMILES string of the molecule is O=C(NC1CCCCNC1=O)c1cccc(Br)c1F. The van der Waals surface area contributed by atoms with Crippen LogP contribution in [0.25, 0.3) is 0 Å². The van der Waals surface area contributed by atoms with Crippen molar-refractivity contribution >= 4 is 27.7 Å². The first-order chi connectivity index (χ1) is 9.09. The lowest BCUT2D eigenvalue weighted by Crippen LogP contribution is -2.45. The summed E-state index contributed by atoms with van der Waals surface area (Å²) in [6.07, 6.45) is 2.32. The Bertz CT molecular complexity index is 507. The first kappa shape index (κ1) is 14.0. The van der Waals surface area contributed by atoms with Crippen molar-refractivity contribution in [3.05, 3.63) is 34.1 Å². The van der Waals surface area contributed by atoms with Gasteiger partial charge in [0.05, 0.1) is 10.0 Å². The maximum Gasteiger partial charge on any atom is 0.254 e. The molecular weight excluding hydrogens is 315 g/mol. The van der Waals surface area contributed by atoms with Crippen LogP contribution in [-0.2, 0) is 4.79 Å². The topological polar surface area (TPSA) is 58.2 Å². The Hall–Kier alpha value is -1.43. The van der Waals surface area contributed by atoms with Crippen LogP contribution in [0.5, 0.6) is 0 Å². The Balaban J connectivity index is 2.12. The average molecular weight is 329 g/mol. The number of benzene rings is 1. The third kappa shape index (κ3) is 3.32. The number of halogens is 2. The molecule has 1 aliphatic heterocycles. The molecule has 19 heavy (non-hydrogen) atoms. The Morgan fingerprint density at radius 2 is 2.21 bits per heavy atom. The zero-order valence-corrected chi connectivity index (χ0v) is 11.8. The minimum atomic E-state index is -0.617. The number of rotatable bonds is 2. The fourth-order valence-corrected chi connectivity index (χ4v) is 2.36. The lowest BCUT2D eigenvalue weighted by atomic mass is 10.1. The van der Waals surface area contributed by atoms with Crippen LogP contribution in [0.3, 0.4) is 0 Å². The minimum absolute atomic E-state index is 0.0635. The zero-order chi connectivity index (χ0) is 13.8. The van der Waals surface area contributed by atoms with Crippen molar-refractivity contribution in [2.45, 2.75) is 25.3 Å². The molecule has 1 saturated heterocycles. The van der Waals surface area contributed by atoms with Crippen molar-refractivity contribution in [3.63, 3.8) is 0 Å². The predicted octanol–water partition coefficient (Wildman–Crippen LogP) is 1.99. The van der Waals surface area contributed by atoms with Crippen LogP contribution in [-0.4, -0.2) is 24.4 Å². The number of hydrogen-bond donors (Lipinski definition) is 2. The number of carbonyl (C=O) groups is 2. The molecule has 0 saturated carbocycles. The smallest absolute Gasteiger partial charge is 0.254 e. The normalized spacial score (nSPS) is 19.5. The van der Waals surface area contributed by atoms with Crippen LogP contribution in [0.4, 0.5) is 4.39 Å². The highest BCUT2D eigenvalue weighted by atomic mass is 79.9. The maximum atomic E-state index is 13.8. The van der Waals surface area contributed by atoms with Gasteiger partial charge >= 0.3 is 0 Å². The van der Waals surface area contributed by atoms with Crippen LogP contribution in [0.15, 0.2) is 22.7 Å². The monoisotopic (exact) mass is 328 g/mol. The third-order valence-corrected chi connectivity index (χ3v) is 3.65. The van der Waals surface area contributed by atoms with Gasteiger partial charge in [0, 0.05) is 6.54 Å². The second kappa shape index (κ2) is 6.14. The van der Waals surface area contributed by atoms with E-state index in [1.54, 1.807) is 6.07 Å². The number of hydrogen-bond acceptors (Lipinski definition) is 2. The molecule has 102 valence electrons. The lowest BCUT2D eigenvalue weighted by Gasteiger charge is -2.15. The Kier molecular flexibility index (Phi) is 4.52. The summed E-state index contributed by atoms with van der Waals surface area (Å²) in [6, 6.07) is 3.90. The van der Waals surface area contributed by atoms with Gasteiger partial charge in [0.25, 0.3) is 5.91 Å². The summed E-state index contributed by atoms with van der Waals surface area (Å²) >= 11 is 3.03. The van der Waals surface area contributed by atoms with E-state index in [0.717, 1.165) is 12.8 Å². The van der Waals surface area contributed by atoms with Crippen LogP contribution < -0.4 is 10.6 Å². The molecule has 1 aliphatic rings. The summed E-state index contributed by atoms with van der Waals surface area (Å²) in [5, 5.41) is 5.30. The highest BCUT2D eigenvalue weighted by molar-refractivity contribution is 9.10. The molecular formula is C13H14BrFN2O2. The molecule has 1 aromatic rings. The summed E-state index contributed by atoms with van der Waals surface area (Å²) < 4.78 is 14.0. The minimum Gasteiger partial charge on any atom is -0.354 e. The zero-order valence-electron chi connectivity index (χ0n) is 10.2. The van der Waals surface area contributed by atoms with Crippen molar-refractivity contribution in [1.82, 2.24) is 10.6 Å². The lowest BCUT2D eigenvalue weighted by molar-refractivity contribution is -0.122. The molecule has 0 spiro atoms. The largest absolute Gasteiger partial charge is 0.354 e. The van der Waals surface area contributed by atoms with Crippen molar-refractivity contribution in [1.29, 1.82) is 0 Å². The molecule has 0 radical (unpaired) electrons. The fraction of sp³-hybridized carbons (Fsp3) is 0.385. The van der Waals surface area contributed by atoms with E-state index in [-0.39, 0.29) is 15.9 Å². The summed E-state index contributed by atoms with van der Waals surface area (Å²) in [4.78, 5) is 23.7. The van der Waals surface area contributed by atoms with Crippen LogP contribution in [0, 0.1) is 5.82 Å². The van der Waals surface area contributed by atoms with E-state index >= 15 is 0 Å². The van der Waals surface area contributed by atoms with Gasteiger partial charge in [-0.3, -0.25) is 9.59 Å². The molecule has 4 nitrogen and oxygen atoms in total. The first-order valence-corrected chi connectivity index (χ1v) is 6.91. The molecule has 0 aliphatic carbocycles. The second-order valence-electron chi connectivity index (χ2n) is 4.41. The van der Waals surface area contributed by atoms with Gasteiger partial charge in [-0.15, -0.1) is 0 Å². The van der Waals surface area contributed by atoms with Gasteiger partial charge in [-0.2, -0.15) is 0 Å². The number of nitrogens with one attached hydrogen (secondary N) is 2. The molecule has 1 heterocycles. The summed E-state index contributed by atoms with van der Waals surface area (Å²) in [5.41, 5.74) is -0.0635. The van der Waals surface area contributed by atoms with Crippen LogP contribution in [0.2, 0.25) is 0 Å². The molecule has 2 amide bonds. The van der Waals surface area contributed by atoms with Gasteiger partial charge in [-0.1, -0.05) is 6.07 Å². The predicted molar refractivity (Wildman–Crippen MR) is 72.2 cm³/mol. The van der Waals surface area contributed by atoms with E-state index in [1.807, 2.05) is 0 Å². The van der Waals surface area contributed by atoms with Crippen molar-refractivity contribution in [2.75, 3.05) is 6.54 Å². The van der Waals surface area contributed by atoms with Gasteiger partial charge < -0.3 is 10.6 Å². The molecule has 2 rings (SSSR count). The van der Waals surface area contributed by atoms with E-state index in [4.69, 9.17) is 0 Å². The first-order valence-electron chi connectivity index (χ1n) is 6.12. The summed E-state index contributed by atoms with van der Waals surface area (Å²) in [5.74, 6) is -1.39. The summed E-state index contributed by atoms with van der Waals surface area (Å²) in [7, 11) is 0. The number of amides is 2. The van der Waals surface area contributed by atoms with Crippen LogP contribution in [0.1, 0.15) is 29.6 Å². The van der Waals surface area contributed by atoms with Gasteiger partial charge in [0.15, 0.2) is 0 Å². The molecule has 0 bridgehead atoms. The second-order valence-corrected chi connectivity index (χ2v) is 5.27. The van der Waals surface area contributed by atoms with Crippen molar-refractivity contribution in [2.24, 2.45) is 0 Å². The molecule has 1 aromatic carbocycles. The maximum absolute atomic E-state index is 13.8. The highest BCUT2D eigenvalue weighted by Crippen LogP contribution is 2.18. The van der Waals surface area contributed by atoms with E-state index < -0.39 is 17.8 Å². The molecule has 0 aromatic heterocycles. The van der Waals surface area contributed by atoms with Crippen molar-refractivity contribution < 1.29 is 14.0 Å². The van der Waals surface area contributed by atoms with Gasteiger partial charge in [0.1, 0.15) is 11.9 Å². The van der Waals surface area contributed by atoms with E-state index in [2.05, 4.69) is 26.6 Å². The Morgan fingerprint density at radius 3 is 3.00 bits per heavy atom. The molecule has 2 N–H and O–H groups in total. The molecule has 1 atom stereocenters. The van der Waals surface area contributed by atoms with Gasteiger partial charge in [0.2, 0.25) is 5.91 Å². The van der Waals surface area contributed by atoms with E-state index in [9.17, 15) is 14.0 Å². The third-order valence-electron chi connectivity index (χ3n) is 3.04. The number of carbonyl (C=O) groups excluding carboxylic acids is 2. The molecule has 1 unspecified atom stereocenters. The van der Waals surface area contributed by atoms with Crippen molar-refractivity contribution in [3.8, 4) is 0 Å².